The molecule has 0 aliphatic heterocycles. The summed E-state index contributed by atoms with van der Waals surface area (Å²) in [5, 5.41) is 0.960. The number of H-pyrrole nitrogens is 1. The molecule has 3 aromatic rings. The standard InChI is InChI=1S/C18H17ClN4O2/c1-11(7-13-9-20-5-6-21-13)23(2)18(25)15-10-22-16-8-12(19)3-4-14(16)17(15)24/h3-6,8-11H,7H2,1-2H3,(H,22,24). The SMILES string of the molecule is CC(Cc1cnccn1)N(C)C(=O)c1c[nH]c2cc(Cl)ccc2c1=O. The number of aromatic amines is 1. The summed E-state index contributed by atoms with van der Waals surface area (Å²) in [6.45, 7) is 1.90. The number of halogens is 1. The van der Waals surface area contributed by atoms with Crippen molar-refractivity contribution in [2.45, 2.75) is 19.4 Å². The third-order valence-electron chi connectivity index (χ3n) is 4.18. The third kappa shape index (κ3) is 3.53. The van der Waals surface area contributed by atoms with Gasteiger partial charge in [-0.25, -0.2) is 0 Å². The van der Waals surface area contributed by atoms with E-state index in [0.29, 0.717) is 22.3 Å². The number of hydrogen-bond acceptors (Lipinski definition) is 4. The molecule has 0 saturated carbocycles. The highest BCUT2D eigenvalue weighted by molar-refractivity contribution is 6.31. The minimum absolute atomic E-state index is 0.100. The van der Waals surface area contributed by atoms with Crippen molar-refractivity contribution in [1.29, 1.82) is 0 Å². The predicted molar refractivity (Wildman–Crippen MR) is 96.9 cm³/mol. The molecule has 25 heavy (non-hydrogen) atoms. The van der Waals surface area contributed by atoms with E-state index in [2.05, 4.69) is 15.0 Å². The monoisotopic (exact) mass is 356 g/mol. The van der Waals surface area contributed by atoms with Crippen LogP contribution in [0.5, 0.6) is 0 Å². The van der Waals surface area contributed by atoms with Crippen LogP contribution in [0.2, 0.25) is 5.02 Å². The van der Waals surface area contributed by atoms with Crippen LogP contribution in [0.15, 0.2) is 47.8 Å². The van der Waals surface area contributed by atoms with E-state index in [9.17, 15) is 9.59 Å². The van der Waals surface area contributed by atoms with E-state index >= 15 is 0 Å². The summed E-state index contributed by atoms with van der Waals surface area (Å²) in [6, 6.07) is 4.78. The first-order chi connectivity index (χ1) is 12.0. The van der Waals surface area contributed by atoms with Crippen LogP contribution >= 0.6 is 11.6 Å². The summed E-state index contributed by atoms with van der Waals surface area (Å²) < 4.78 is 0. The number of rotatable bonds is 4. The molecule has 6 nitrogen and oxygen atoms in total. The molecule has 2 heterocycles. The molecule has 1 amide bonds. The molecular weight excluding hydrogens is 340 g/mol. The molecule has 3 rings (SSSR count). The van der Waals surface area contributed by atoms with Gasteiger partial charge in [-0.2, -0.15) is 0 Å². The maximum atomic E-state index is 12.8. The molecule has 7 heteroatoms. The molecule has 1 aromatic carbocycles. The normalized spacial score (nSPS) is 12.1. The van der Waals surface area contributed by atoms with Crippen molar-refractivity contribution in [2.75, 3.05) is 7.05 Å². The zero-order valence-electron chi connectivity index (χ0n) is 13.9. The number of likely N-dealkylation sites (N-methyl/N-ethyl adjacent to an activating group) is 1. The lowest BCUT2D eigenvalue weighted by molar-refractivity contribution is 0.0741. The number of pyridine rings is 1. The topological polar surface area (TPSA) is 79.0 Å². The number of nitrogens with zero attached hydrogens (tertiary/aromatic N) is 3. The zero-order chi connectivity index (χ0) is 18.0. The van der Waals surface area contributed by atoms with Gasteiger partial charge in [0.2, 0.25) is 5.43 Å². The van der Waals surface area contributed by atoms with E-state index in [1.807, 2.05) is 6.92 Å². The number of carbonyl (C=O) groups excluding carboxylic acids is 1. The second kappa shape index (κ2) is 7.03. The number of nitrogens with one attached hydrogen (secondary N) is 1. The van der Waals surface area contributed by atoms with Gasteiger partial charge in [0.05, 0.1) is 11.2 Å². The molecule has 1 atom stereocenters. The van der Waals surface area contributed by atoms with E-state index in [4.69, 9.17) is 11.6 Å². The molecule has 0 radical (unpaired) electrons. The minimum Gasteiger partial charge on any atom is -0.360 e. The Morgan fingerprint density at radius 1 is 1.36 bits per heavy atom. The van der Waals surface area contributed by atoms with E-state index in [1.54, 1.807) is 48.7 Å². The Kier molecular flexibility index (Phi) is 4.81. The molecule has 2 aromatic heterocycles. The third-order valence-corrected chi connectivity index (χ3v) is 4.41. The fourth-order valence-electron chi connectivity index (χ4n) is 2.62. The zero-order valence-corrected chi connectivity index (χ0v) is 14.6. The maximum absolute atomic E-state index is 12.8. The molecule has 1 unspecified atom stereocenters. The molecule has 0 aliphatic carbocycles. The maximum Gasteiger partial charge on any atom is 0.259 e. The second-order valence-corrected chi connectivity index (χ2v) is 6.32. The number of aromatic nitrogens is 3. The Morgan fingerprint density at radius 3 is 2.88 bits per heavy atom. The number of amides is 1. The Labute approximate surface area is 149 Å². The van der Waals surface area contributed by atoms with Crippen molar-refractivity contribution in [3.8, 4) is 0 Å². The lowest BCUT2D eigenvalue weighted by atomic mass is 10.1. The van der Waals surface area contributed by atoms with Crippen molar-refractivity contribution in [3.05, 3.63) is 69.5 Å². The average molecular weight is 357 g/mol. The van der Waals surface area contributed by atoms with Gasteiger partial charge in [-0.1, -0.05) is 11.6 Å². The van der Waals surface area contributed by atoms with Crippen molar-refractivity contribution in [3.63, 3.8) is 0 Å². The highest BCUT2D eigenvalue weighted by Crippen LogP contribution is 2.16. The molecule has 0 saturated heterocycles. The van der Waals surface area contributed by atoms with Crippen LogP contribution in [-0.4, -0.2) is 38.8 Å². The van der Waals surface area contributed by atoms with Crippen LogP contribution in [0.3, 0.4) is 0 Å². The highest BCUT2D eigenvalue weighted by atomic mass is 35.5. The van der Waals surface area contributed by atoms with Gasteiger partial charge < -0.3 is 9.88 Å². The first-order valence-corrected chi connectivity index (χ1v) is 8.18. The Morgan fingerprint density at radius 2 is 2.16 bits per heavy atom. The first-order valence-electron chi connectivity index (χ1n) is 7.80. The number of fused-ring (bicyclic) bond motifs is 1. The number of benzene rings is 1. The summed E-state index contributed by atoms with van der Waals surface area (Å²) in [5.41, 5.74) is 1.18. The quantitative estimate of drug-likeness (QED) is 0.779. The summed E-state index contributed by atoms with van der Waals surface area (Å²) in [5.74, 6) is -0.338. The molecule has 0 bridgehead atoms. The minimum atomic E-state index is -0.338. The molecule has 0 fully saturated rings. The van der Waals surface area contributed by atoms with Gasteiger partial charge in [0.15, 0.2) is 0 Å². The molecule has 0 aliphatic rings. The van der Waals surface area contributed by atoms with Crippen LogP contribution < -0.4 is 5.43 Å². The van der Waals surface area contributed by atoms with Gasteiger partial charge in [0.25, 0.3) is 5.91 Å². The first kappa shape index (κ1) is 17.1. The van der Waals surface area contributed by atoms with Gasteiger partial charge in [0.1, 0.15) is 5.56 Å². The molecule has 1 N–H and O–H groups in total. The lowest BCUT2D eigenvalue weighted by Gasteiger charge is -2.24. The van der Waals surface area contributed by atoms with Gasteiger partial charge in [0, 0.05) is 54.7 Å². The van der Waals surface area contributed by atoms with E-state index in [-0.39, 0.29) is 22.9 Å². The van der Waals surface area contributed by atoms with Gasteiger partial charge in [-0.05, 0) is 25.1 Å². The number of hydrogen-bond donors (Lipinski definition) is 1. The number of carbonyl (C=O) groups is 1. The van der Waals surface area contributed by atoms with Crippen LogP contribution in [0.1, 0.15) is 23.0 Å². The van der Waals surface area contributed by atoms with Gasteiger partial charge in [-0.15, -0.1) is 0 Å². The summed E-state index contributed by atoms with van der Waals surface area (Å²) >= 11 is 5.93. The van der Waals surface area contributed by atoms with Crippen molar-refractivity contribution in [1.82, 2.24) is 19.9 Å². The van der Waals surface area contributed by atoms with Crippen LogP contribution in [0, 0.1) is 0 Å². The fraction of sp³-hybridized carbons (Fsp3) is 0.222. The Bertz CT molecular complexity index is 972. The van der Waals surface area contributed by atoms with E-state index in [0.717, 1.165) is 5.69 Å². The lowest BCUT2D eigenvalue weighted by Crippen LogP contribution is -2.38. The Hall–Kier alpha value is -2.73. The van der Waals surface area contributed by atoms with Crippen LogP contribution in [0.4, 0.5) is 0 Å². The van der Waals surface area contributed by atoms with Crippen molar-refractivity contribution in [2.24, 2.45) is 0 Å². The van der Waals surface area contributed by atoms with Crippen molar-refractivity contribution < 1.29 is 4.79 Å². The Balaban J connectivity index is 1.87. The van der Waals surface area contributed by atoms with E-state index in [1.165, 1.54) is 6.20 Å². The molecular formula is C18H17ClN4O2. The highest BCUT2D eigenvalue weighted by Gasteiger charge is 2.21. The molecule has 128 valence electrons. The van der Waals surface area contributed by atoms with Crippen LogP contribution in [-0.2, 0) is 6.42 Å². The largest absolute Gasteiger partial charge is 0.360 e. The summed E-state index contributed by atoms with van der Waals surface area (Å²) in [7, 11) is 1.68. The fourth-order valence-corrected chi connectivity index (χ4v) is 2.79. The van der Waals surface area contributed by atoms with E-state index < -0.39 is 0 Å². The average Bonchev–Trinajstić information content (AvgIpc) is 2.61. The second-order valence-electron chi connectivity index (χ2n) is 5.89. The van der Waals surface area contributed by atoms with Crippen molar-refractivity contribution >= 4 is 28.4 Å². The summed E-state index contributed by atoms with van der Waals surface area (Å²) in [6.07, 6.45) is 6.88. The van der Waals surface area contributed by atoms with Gasteiger partial charge in [-0.3, -0.25) is 19.6 Å². The smallest absolute Gasteiger partial charge is 0.259 e. The van der Waals surface area contributed by atoms with Crippen LogP contribution in [0.25, 0.3) is 10.9 Å². The molecule has 0 spiro atoms. The summed E-state index contributed by atoms with van der Waals surface area (Å²) in [4.78, 5) is 38.1. The van der Waals surface area contributed by atoms with Gasteiger partial charge >= 0.3 is 0 Å². The predicted octanol–water partition coefficient (Wildman–Crippen LogP) is 2.67.